The first-order valence-corrected chi connectivity index (χ1v) is 4.99. The van der Waals surface area contributed by atoms with Gasteiger partial charge in [0.2, 0.25) is 0 Å². The van der Waals surface area contributed by atoms with Gasteiger partial charge in [-0.05, 0) is 13.0 Å². The maximum Gasteiger partial charge on any atom is 0.306 e. The van der Waals surface area contributed by atoms with Crippen LogP contribution in [0.25, 0.3) is 0 Å². The highest BCUT2D eigenvalue weighted by Gasteiger charge is 2.11. The smallest absolute Gasteiger partial charge is 0.306 e. The van der Waals surface area contributed by atoms with E-state index in [2.05, 4.69) is 4.98 Å². The van der Waals surface area contributed by atoms with Crippen LogP contribution in [-0.4, -0.2) is 29.6 Å². The number of rotatable bonds is 6. The zero-order valence-corrected chi connectivity index (χ0v) is 8.99. The third-order valence-electron chi connectivity index (χ3n) is 2.02. The Morgan fingerprint density at radius 3 is 2.75 bits per heavy atom. The normalized spacial score (nSPS) is 9.81. The fraction of sp³-hybridized carbons (Fsp3) is 0.364. The summed E-state index contributed by atoms with van der Waals surface area (Å²) in [5, 5.41) is 0. The number of hydrogen-bond donors (Lipinski definition) is 1. The van der Waals surface area contributed by atoms with E-state index < -0.39 is 0 Å². The summed E-state index contributed by atoms with van der Waals surface area (Å²) in [5.74, 6) is -0.570. The summed E-state index contributed by atoms with van der Waals surface area (Å²) >= 11 is 0. The molecule has 5 nitrogen and oxygen atoms in total. The van der Waals surface area contributed by atoms with Crippen molar-refractivity contribution in [2.45, 2.75) is 19.8 Å². The van der Waals surface area contributed by atoms with Crippen molar-refractivity contribution >= 4 is 18.0 Å². The summed E-state index contributed by atoms with van der Waals surface area (Å²) < 4.78 is 4.70. The number of ether oxygens (including phenoxy) is 1. The number of carbonyl (C=O) groups excluding carboxylic acids is 3. The van der Waals surface area contributed by atoms with Crippen LogP contribution in [0.4, 0.5) is 0 Å². The maximum atomic E-state index is 11.5. The van der Waals surface area contributed by atoms with Gasteiger partial charge in [0.1, 0.15) is 0 Å². The zero-order valence-electron chi connectivity index (χ0n) is 8.99. The van der Waals surface area contributed by atoms with Crippen molar-refractivity contribution in [1.29, 1.82) is 0 Å². The van der Waals surface area contributed by atoms with Crippen LogP contribution in [0.15, 0.2) is 12.3 Å². The lowest BCUT2D eigenvalue weighted by Crippen LogP contribution is -2.07. The Morgan fingerprint density at radius 1 is 1.44 bits per heavy atom. The molecule has 0 radical (unpaired) electrons. The van der Waals surface area contributed by atoms with Crippen molar-refractivity contribution in [2.75, 3.05) is 6.61 Å². The van der Waals surface area contributed by atoms with Crippen molar-refractivity contribution in [2.24, 2.45) is 0 Å². The average Bonchev–Trinajstić information content (AvgIpc) is 2.75. The quantitative estimate of drug-likeness (QED) is 0.448. The molecule has 1 N–H and O–H groups in total. The number of hydrogen-bond acceptors (Lipinski definition) is 4. The number of esters is 1. The topological polar surface area (TPSA) is 76.2 Å². The van der Waals surface area contributed by atoms with Crippen molar-refractivity contribution in [3.8, 4) is 0 Å². The lowest BCUT2D eigenvalue weighted by molar-refractivity contribution is -0.143. The van der Waals surface area contributed by atoms with E-state index in [0.717, 1.165) is 0 Å². The van der Waals surface area contributed by atoms with E-state index in [1.165, 1.54) is 12.3 Å². The zero-order chi connectivity index (χ0) is 12.0. The Hall–Kier alpha value is -1.91. The molecule has 5 heteroatoms. The third-order valence-corrected chi connectivity index (χ3v) is 2.02. The van der Waals surface area contributed by atoms with Crippen LogP contribution in [0.5, 0.6) is 0 Å². The van der Waals surface area contributed by atoms with E-state index >= 15 is 0 Å². The minimum absolute atomic E-state index is 0.0638. The molecule has 0 aliphatic carbocycles. The van der Waals surface area contributed by atoms with Crippen LogP contribution in [0, 0.1) is 0 Å². The summed E-state index contributed by atoms with van der Waals surface area (Å²) in [5.41, 5.74) is 0.755. The second-order valence-electron chi connectivity index (χ2n) is 3.19. The fourth-order valence-electron chi connectivity index (χ4n) is 1.23. The number of Topliss-reactive ketones (excluding diaryl/α,β-unsaturated/α-hetero) is 1. The van der Waals surface area contributed by atoms with Gasteiger partial charge in [0.05, 0.1) is 18.7 Å². The molecule has 0 amide bonds. The third kappa shape index (κ3) is 3.34. The first-order valence-electron chi connectivity index (χ1n) is 4.99. The number of nitrogens with one attached hydrogen (secondary N) is 1. The Bertz CT molecular complexity index is 394. The first-order chi connectivity index (χ1) is 7.67. The van der Waals surface area contributed by atoms with Crippen LogP contribution in [0.1, 0.15) is 40.6 Å². The summed E-state index contributed by atoms with van der Waals surface area (Å²) in [6.07, 6.45) is 2.24. The minimum Gasteiger partial charge on any atom is -0.466 e. The highest BCUT2D eigenvalue weighted by atomic mass is 16.5. The summed E-state index contributed by atoms with van der Waals surface area (Å²) in [7, 11) is 0. The molecule has 1 rings (SSSR count). The molecule has 16 heavy (non-hydrogen) atoms. The van der Waals surface area contributed by atoms with Gasteiger partial charge in [0.25, 0.3) is 0 Å². The second kappa shape index (κ2) is 5.85. The molecule has 1 heterocycles. The number of aromatic amines is 1. The van der Waals surface area contributed by atoms with Gasteiger partial charge in [-0.1, -0.05) is 0 Å². The average molecular weight is 223 g/mol. The molecule has 0 saturated heterocycles. The molecular formula is C11H13NO4. The van der Waals surface area contributed by atoms with Gasteiger partial charge in [0.15, 0.2) is 12.1 Å². The van der Waals surface area contributed by atoms with Crippen molar-refractivity contribution < 1.29 is 19.1 Å². The molecule has 0 unspecified atom stereocenters. The summed E-state index contributed by atoms with van der Waals surface area (Å²) in [6.45, 7) is 2.02. The molecule has 0 saturated carbocycles. The van der Waals surface area contributed by atoms with Gasteiger partial charge < -0.3 is 9.72 Å². The molecule has 0 spiro atoms. The molecule has 0 fully saturated rings. The highest BCUT2D eigenvalue weighted by Crippen LogP contribution is 2.07. The molecule has 0 aliphatic rings. The number of ketones is 1. The Balaban J connectivity index is 2.46. The van der Waals surface area contributed by atoms with Gasteiger partial charge in [-0.3, -0.25) is 14.4 Å². The number of H-pyrrole nitrogens is 1. The van der Waals surface area contributed by atoms with Crippen LogP contribution < -0.4 is 0 Å². The van der Waals surface area contributed by atoms with Crippen molar-refractivity contribution in [3.05, 3.63) is 23.5 Å². The SMILES string of the molecule is CCOC(=O)CCC(=O)c1c[nH]c(C=O)c1. The summed E-state index contributed by atoms with van der Waals surface area (Å²) in [4.78, 5) is 35.6. The monoisotopic (exact) mass is 223 g/mol. The highest BCUT2D eigenvalue weighted by molar-refractivity contribution is 5.98. The Labute approximate surface area is 92.8 Å². The molecular weight excluding hydrogens is 210 g/mol. The van der Waals surface area contributed by atoms with Crippen molar-refractivity contribution in [3.63, 3.8) is 0 Å². The number of aromatic nitrogens is 1. The predicted octanol–water partition coefficient (Wildman–Crippen LogP) is 1.35. The van der Waals surface area contributed by atoms with Crippen LogP contribution in [-0.2, 0) is 9.53 Å². The van der Waals surface area contributed by atoms with E-state index in [1.54, 1.807) is 6.92 Å². The summed E-state index contributed by atoms with van der Waals surface area (Å²) in [6, 6.07) is 1.46. The standard InChI is InChI=1S/C11H13NO4/c1-2-16-11(15)4-3-10(14)8-5-9(7-13)12-6-8/h5-7,12H,2-4H2,1H3. The van der Waals surface area contributed by atoms with E-state index in [1.807, 2.05) is 0 Å². The lowest BCUT2D eigenvalue weighted by Gasteiger charge is -1.99. The molecule has 0 atom stereocenters. The largest absolute Gasteiger partial charge is 0.466 e. The van der Waals surface area contributed by atoms with Crippen LogP contribution >= 0.6 is 0 Å². The second-order valence-corrected chi connectivity index (χ2v) is 3.19. The lowest BCUT2D eigenvalue weighted by atomic mass is 10.1. The van der Waals surface area contributed by atoms with Gasteiger partial charge in [-0.25, -0.2) is 0 Å². The van der Waals surface area contributed by atoms with Gasteiger partial charge in [-0.2, -0.15) is 0 Å². The Morgan fingerprint density at radius 2 is 2.19 bits per heavy atom. The molecule has 86 valence electrons. The molecule has 0 aromatic carbocycles. The number of carbonyl (C=O) groups is 3. The molecule has 1 aromatic rings. The van der Waals surface area contributed by atoms with E-state index in [4.69, 9.17) is 4.74 Å². The van der Waals surface area contributed by atoms with Crippen LogP contribution in [0.2, 0.25) is 0 Å². The maximum absolute atomic E-state index is 11.5. The van der Waals surface area contributed by atoms with Crippen LogP contribution in [0.3, 0.4) is 0 Å². The molecule has 1 aromatic heterocycles. The van der Waals surface area contributed by atoms with E-state index in [-0.39, 0.29) is 24.6 Å². The Kier molecular flexibility index (Phi) is 4.44. The first kappa shape index (κ1) is 12.2. The molecule has 0 bridgehead atoms. The minimum atomic E-state index is -0.387. The van der Waals surface area contributed by atoms with E-state index in [0.29, 0.717) is 24.2 Å². The fourth-order valence-corrected chi connectivity index (χ4v) is 1.23. The number of aldehydes is 1. The van der Waals surface area contributed by atoms with Gasteiger partial charge in [-0.15, -0.1) is 0 Å². The molecule has 0 aliphatic heterocycles. The van der Waals surface area contributed by atoms with Crippen molar-refractivity contribution in [1.82, 2.24) is 4.98 Å². The predicted molar refractivity (Wildman–Crippen MR) is 56.4 cm³/mol. The van der Waals surface area contributed by atoms with Gasteiger partial charge in [0, 0.05) is 18.2 Å². The van der Waals surface area contributed by atoms with Gasteiger partial charge >= 0.3 is 5.97 Å². The van der Waals surface area contributed by atoms with E-state index in [9.17, 15) is 14.4 Å².